The minimum atomic E-state index is -0.744. The second kappa shape index (κ2) is 9.37. The van der Waals surface area contributed by atoms with Gasteiger partial charge in [0.2, 0.25) is 0 Å². The maximum absolute atomic E-state index is 12.4. The SMILES string of the molecule is Cl.N=C(N)c1ccc(-c2ccc(C(=O)NC3CCC(C(=O)O)CC3)cc2)cc1. The smallest absolute Gasteiger partial charge is 0.306 e. The molecule has 0 spiro atoms. The van der Waals surface area contributed by atoms with Gasteiger partial charge in [0.05, 0.1) is 5.92 Å². The molecule has 1 aliphatic rings. The topological polar surface area (TPSA) is 116 Å². The molecule has 0 bridgehead atoms. The summed E-state index contributed by atoms with van der Waals surface area (Å²) in [5, 5.41) is 19.5. The molecule has 28 heavy (non-hydrogen) atoms. The van der Waals surface area contributed by atoms with E-state index in [1.807, 2.05) is 24.3 Å². The number of nitrogen functional groups attached to an aromatic ring is 1. The summed E-state index contributed by atoms with van der Waals surface area (Å²) in [7, 11) is 0. The normalized spacial score (nSPS) is 18.6. The summed E-state index contributed by atoms with van der Waals surface area (Å²) in [5.74, 6) is -1.13. The Hall–Kier alpha value is -2.86. The van der Waals surface area contributed by atoms with Crippen molar-refractivity contribution in [3.05, 3.63) is 59.7 Å². The molecule has 0 saturated heterocycles. The average molecular weight is 402 g/mol. The molecular formula is C21H24ClN3O3. The minimum absolute atomic E-state index is 0. The van der Waals surface area contributed by atoms with Crippen LogP contribution in [0.2, 0.25) is 0 Å². The molecule has 5 N–H and O–H groups in total. The van der Waals surface area contributed by atoms with Gasteiger partial charge in [0.1, 0.15) is 5.84 Å². The van der Waals surface area contributed by atoms with E-state index >= 15 is 0 Å². The first kappa shape index (κ1) is 21.4. The van der Waals surface area contributed by atoms with Crippen molar-refractivity contribution in [3.8, 4) is 11.1 Å². The number of hydrogen-bond donors (Lipinski definition) is 4. The van der Waals surface area contributed by atoms with E-state index in [1.54, 1.807) is 24.3 Å². The molecule has 0 heterocycles. The number of carbonyl (C=O) groups excluding carboxylic acids is 1. The molecule has 1 aliphatic carbocycles. The predicted octanol–water partition coefficient (Wildman–Crippen LogP) is 3.43. The van der Waals surface area contributed by atoms with Crippen LogP contribution in [0.3, 0.4) is 0 Å². The molecule has 2 aromatic carbocycles. The van der Waals surface area contributed by atoms with Crippen LogP contribution in [0.4, 0.5) is 0 Å². The van der Waals surface area contributed by atoms with E-state index in [0.29, 0.717) is 36.8 Å². The Morgan fingerprint density at radius 2 is 1.36 bits per heavy atom. The summed E-state index contributed by atoms with van der Waals surface area (Å²) in [6, 6.07) is 14.8. The van der Waals surface area contributed by atoms with Crippen molar-refractivity contribution in [1.82, 2.24) is 5.32 Å². The van der Waals surface area contributed by atoms with E-state index in [9.17, 15) is 9.59 Å². The Balaban J connectivity index is 0.00000280. The minimum Gasteiger partial charge on any atom is -0.481 e. The Morgan fingerprint density at radius 1 is 0.893 bits per heavy atom. The second-order valence-electron chi connectivity index (χ2n) is 6.93. The van der Waals surface area contributed by atoms with Gasteiger partial charge in [0.15, 0.2) is 0 Å². The first-order valence-corrected chi connectivity index (χ1v) is 9.02. The third kappa shape index (κ3) is 5.10. The van der Waals surface area contributed by atoms with Crippen LogP contribution in [-0.2, 0) is 4.79 Å². The second-order valence-corrected chi connectivity index (χ2v) is 6.93. The van der Waals surface area contributed by atoms with Crippen LogP contribution >= 0.6 is 12.4 Å². The molecular weight excluding hydrogens is 378 g/mol. The lowest BCUT2D eigenvalue weighted by Crippen LogP contribution is -2.38. The van der Waals surface area contributed by atoms with E-state index in [1.165, 1.54) is 0 Å². The van der Waals surface area contributed by atoms with Gasteiger partial charge in [-0.25, -0.2) is 0 Å². The number of carboxylic acids is 1. The molecule has 3 rings (SSSR count). The van der Waals surface area contributed by atoms with Crippen molar-refractivity contribution in [2.24, 2.45) is 11.7 Å². The number of amides is 1. The fraction of sp³-hybridized carbons (Fsp3) is 0.286. The zero-order valence-electron chi connectivity index (χ0n) is 15.4. The summed E-state index contributed by atoms with van der Waals surface area (Å²) in [6.07, 6.45) is 2.61. The molecule has 1 amide bonds. The van der Waals surface area contributed by atoms with Gasteiger partial charge in [-0.3, -0.25) is 15.0 Å². The van der Waals surface area contributed by atoms with E-state index in [4.69, 9.17) is 16.2 Å². The number of aliphatic carboxylic acids is 1. The van der Waals surface area contributed by atoms with E-state index in [-0.39, 0.29) is 36.1 Å². The standard InChI is InChI=1S/C21H23N3O3.ClH/c22-19(23)15-5-1-13(2-6-15)14-3-7-16(8-4-14)20(25)24-18-11-9-17(10-12-18)21(26)27;/h1-8,17-18H,9-12H2,(H3,22,23)(H,24,25)(H,26,27);1H. The predicted molar refractivity (Wildman–Crippen MR) is 111 cm³/mol. The summed E-state index contributed by atoms with van der Waals surface area (Å²) in [4.78, 5) is 23.4. The van der Waals surface area contributed by atoms with Gasteiger partial charge >= 0.3 is 5.97 Å². The molecule has 1 fully saturated rings. The molecule has 7 heteroatoms. The highest BCUT2D eigenvalue weighted by molar-refractivity contribution is 5.96. The van der Waals surface area contributed by atoms with Gasteiger partial charge in [0, 0.05) is 17.2 Å². The first-order chi connectivity index (χ1) is 12.9. The largest absolute Gasteiger partial charge is 0.481 e. The highest BCUT2D eigenvalue weighted by Crippen LogP contribution is 2.25. The van der Waals surface area contributed by atoms with Crippen LogP contribution < -0.4 is 11.1 Å². The highest BCUT2D eigenvalue weighted by atomic mass is 35.5. The Labute approximate surface area is 170 Å². The van der Waals surface area contributed by atoms with Crippen molar-refractivity contribution >= 4 is 30.1 Å². The Kier molecular flexibility index (Phi) is 7.18. The number of carbonyl (C=O) groups is 2. The highest BCUT2D eigenvalue weighted by Gasteiger charge is 2.26. The zero-order valence-corrected chi connectivity index (χ0v) is 16.2. The molecule has 0 radical (unpaired) electrons. The van der Waals surface area contributed by atoms with E-state index in [2.05, 4.69) is 5.32 Å². The van der Waals surface area contributed by atoms with Gasteiger partial charge in [0.25, 0.3) is 5.91 Å². The monoisotopic (exact) mass is 401 g/mol. The molecule has 6 nitrogen and oxygen atoms in total. The molecule has 0 atom stereocenters. The Bertz CT molecular complexity index is 842. The molecule has 0 unspecified atom stereocenters. The zero-order chi connectivity index (χ0) is 19.4. The number of hydrogen-bond acceptors (Lipinski definition) is 3. The quantitative estimate of drug-likeness (QED) is 0.453. The molecule has 0 aliphatic heterocycles. The van der Waals surface area contributed by atoms with Crippen LogP contribution in [0.15, 0.2) is 48.5 Å². The Morgan fingerprint density at radius 3 is 1.79 bits per heavy atom. The number of benzene rings is 2. The summed E-state index contributed by atoms with van der Waals surface area (Å²) in [5.41, 5.74) is 8.68. The average Bonchev–Trinajstić information content (AvgIpc) is 2.68. The lowest BCUT2D eigenvalue weighted by molar-refractivity contribution is -0.142. The maximum Gasteiger partial charge on any atom is 0.306 e. The third-order valence-electron chi connectivity index (χ3n) is 5.09. The number of nitrogens with one attached hydrogen (secondary N) is 2. The van der Waals surface area contributed by atoms with E-state index < -0.39 is 5.97 Å². The molecule has 148 valence electrons. The first-order valence-electron chi connectivity index (χ1n) is 9.02. The number of halogens is 1. The number of rotatable bonds is 5. The fourth-order valence-corrected chi connectivity index (χ4v) is 3.41. The number of amidine groups is 1. The van der Waals surface area contributed by atoms with Crippen LogP contribution in [0.1, 0.15) is 41.6 Å². The van der Waals surface area contributed by atoms with Gasteiger partial charge in [-0.15, -0.1) is 12.4 Å². The number of carboxylic acid groups (broad SMARTS) is 1. The molecule has 0 aromatic heterocycles. The molecule has 1 saturated carbocycles. The van der Waals surface area contributed by atoms with Crippen LogP contribution in [0, 0.1) is 11.3 Å². The van der Waals surface area contributed by atoms with E-state index in [0.717, 1.165) is 11.1 Å². The summed E-state index contributed by atoms with van der Waals surface area (Å²) in [6.45, 7) is 0. The third-order valence-corrected chi connectivity index (χ3v) is 5.09. The van der Waals surface area contributed by atoms with Gasteiger partial charge < -0.3 is 16.2 Å². The lowest BCUT2D eigenvalue weighted by atomic mass is 9.86. The lowest BCUT2D eigenvalue weighted by Gasteiger charge is -2.26. The van der Waals surface area contributed by atoms with Crippen LogP contribution in [-0.4, -0.2) is 28.9 Å². The van der Waals surface area contributed by atoms with Gasteiger partial charge in [-0.2, -0.15) is 0 Å². The van der Waals surface area contributed by atoms with Crippen LogP contribution in [0.25, 0.3) is 11.1 Å². The summed E-state index contributed by atoms with van der Waals surface area (Å²) >= 11 is 0. The molecule has 2 aromatic rings. The maximum atomic E-state index is 12.4. The van der Waals surface area contributed by atoms with Gasteiger partial charge in [-0.05, 0) is 48.9 Å². The van der Waals surface area contributed by atoms with Crippen LogP contribution in [0.5, 0.6) is 0 Å². The van der Waals surface area contributed by atoms with Gasteiger partial charge in [-0.1, -0.05) is 36.4 Å². The van der Waals surface area contributed by atoms with Crippen molar-refractivity contribution in [3.63, 3.8) is 0 Å². The van der Waals surface area contributed by atoms with Crippen molar-refractivity contribution < 1.29 is 14.7 Å². The summed E-state index contributed by atoms with van der Waals surface area (Å²) < 4.78 is 0. The van der Waals surface area contributed by atoms with Crippen molar-refractivity contribution in [2.45, 2.75) is 31.7 Å². The van der Waals surface area contributed by atoms with Crippen molar-refractivity contribution in [1.29, 1.82) is 5.41 Å². The number of nitrogens with two attached hydrogens (primary N) is 1. The fourth-order valence-electron chi connectivity index (χ4n) is 3.41. The van der Waals surface area contributed by atoms with Crippen molar-refractivity contribution in [2.75, 3.05) is 0 Å².